The zero-order chi connectivity index (χ0) is 8.72. The Morgan fingerprint density at radius 3 is 2.92 bits per heavy atom. The zero-order valence-corrected chi connectivity index (χ0v) is 6.60. The van der Waals surface area contributed by atoms with E-state index in [0.29, 0.717) is 12.0 Å². The highest BCUT2D eigenvalue weighted by molar-refractivity contribution is 6.10. The maximum Gasteiger partial charge on any atom is 0.259 e. The predicted molar refractivity (Wildman–Crippen MR) is 41.7 cm³/mol. The van der Waals surface area contributed by atoms with Crippen LogP contribution in [-0.4, -0.2) is 16.8 Å². The number of hydrogen-bond donors (Lipinski definition) is 2. The number of hydrogen-bond acceptors (Lipinski definition) is 2. The third kappa shape index (κ3) is 0.845. The molecule has 2 amide bonds. The molecule has 62 valence electrons. The number of fused-ring (bicyclic) bond motifs is 1. The van der Waals surface area contributed by atoms with Crippen LogP contribution >= 0.6 is 0 Å². The van der Waals surface area contributed by atoms with Crippen LogP contribution in [0.15, 0.2) is 6.20 Å². The summed E-state index contributed by atoms with van der Waals surface area (Å²) in [6.45, 7) is 1.81. The molecule has 0 saturated carbocycles. The first kappa shape index (κ1) is 7.09. The van der Waals surface area contributed by atoms with Crippen LogP contribution in [0.4, 0.5) is 0 Å². The van der Waals surface area contributed by atoms with Crippen molar-refractivity contribution in [1.29, 1.82) is 0 Å². The van der Waals surface area contributed by atoms with Gasteiger partial charge < -0.3 is 4.98 Å². The van der Waals surface area contributed by atoms with Gasteiger partial charge in [0, 0.05) is 11.9 Å². The van der Waals surface area contributed by atoms with Crippen LogP contribution in [0.5, 0.6) is 0 Å². The molecule has 1 aromatic heterocycles. The maximum atomic E-state index is 11.2. The highest BCUT2D eigenvalue weighted by atomic mass is 16.2. The number of carbonyl (C=O) groups is 2. The van der Waals surface area contributed by atoms with E-state index in [-0.39, 0.29) is 11.8 Å². The molecule has 1 aliphatic heterocycles. The molecule has 0 aliphatic carbocycles. The third-order valence-corrected chi connectivity index (χ3v) is 1.99. The first-order valence-corrected chi connectivity index (χ1v) is 3.69. The summed E-state index contributed by atoms with van der Waals surface area (Å²) in [5, 5.41) is 2.26. The standard InChI is InChI=1S/C8H8N2O2/c1-4-7-5(3-9-4)2-6(11)10-8(7)12/h3,9H,2H2,1H3,(H,10,11,12). The number of rotatable bonds is 0. The number of H-pyrrole nitrogens is 1. The summed E-state index contributed by atoms with van der Waals surface area (Å²) >= 11 is 0. The van der Waals surface area contributed by atoms with Gasteiger partial charge in [0.1, 0.15) is 0 Å². The molecule has 0 radical (unpaired) electrons. The molecule has 0 spiro atoms. The molecule has 0 fully saturated rings. The Bertz CT molecular complexity index is 365. The van der Waals surface area contributed by atoms with E-state index >= 15 is 0 Å². The van der Waals surface area contributed by atoms with E-state index in [9.17, 15) is 9.59 Å². The molecule has 0 bridgehead atoms. The fourth-order valence-corrected chi connectivity index (χ4v) is 1.44. The van der Waals surface area contributed by atoms with Gasteiger partial charge in [0.15, 0.2) is 0 Å². The monoisotopic (exact) mass is 164 g/mol. The largest absolute Gasteiger partial charge is 0.364 e. The van der Waals surface area contributed by atoms with Crippen molar-refractivity contribution in [1.82, 2.24) is 10.3 Å². The first-order valence-electron chi connectivity index (χ1n) is 3.69. The van der Waals surface area contributed by atoms with Crippen LogP contribution < -0.4 is 5.32 Å². The molecule has 1 aromatic rings. The lowest BCUT2D eigenvalue weighted by Crippen LogP contribution is -2.36. The molecule has 0 atom stereocenters. The summed E-state index contributed by atoms with van der Waals surface area (Å²) in [5.41, 5.74) is 2.23. The van der Waals surface area contributed by atoms with Crippen LogP contribution in [0.2, 0.25) is 0 Å². The SMILES string of the molecule is Cc1[nH]cc2c1C(=O)NC(=O)C2. The number of aromatic amines is 1. The van der Waals surface area contributed by atoms with Crippen molar-refractivity contribution in [3.63, 3.8) is 0 Å². The number of amides is 2. The molecule has 2 rings (SSSR count). The van der Waals surface area contributed by atoms with Crippen molar-refractivity contribution < 1.29 is 9.59 Å². The summed E-state index contributed by atoms with van der Waals surface area (Å²) < 4.78 is 0. The lowest BCUT2D eigenvalue weighted by atomic mass is 10.0. The average Bonchev–Trinajstić information content (AvgIpc) is 2.31. The van der Waals surface area contributed by atoms with Crippen LogP contribution in [0.25, 0.3) is 0 Å². The molecule has 0 unspecified atom stereocenters. The lowest BCUT2D eigenvalue weighted by Gasteiger charge is -2.10. The van der Waals surface area contributed by atoms with Gasteiger partial charge in [-0.3, -0.25) is 14.9 Å². The predicted octanol–water partition coefficient (Wildman–Crippen LogP) is 0.136. The van der Waals surface area contributed by atoms with Gasteiger partial charge in [-0.25, -0.2) is 0 Å². The third-order valence-electron chi connectivity index (χ3n) is 1.99. The number of imide groups is 1. The summed E-state index contributed by atoms with van der Waals surface area (Å²) in [5.74, 6) is -0.522. The Morgan fingerprint density at radius 2 is 2.17 bits per heavy atom. The van der Waals surface area contributed by atoms with Crippen molar-refractivity contribution in [2.24, 2.45) is 0 Å². The van der Waals surface area contributed by atoms with Crippen LogP contribution in [0.1, 0.15) is 21.6 Å². The molecular formula is C8H8N2O2. The summed E-state index contributed by atoms with van der Waals surface area (Å²) in [6, 6.07) is 0. The van der Waals surface area contributed by atoms with Crippen molar-refractivity contribution in [2.45, 2.75) is 13.3 Å². The Labute approximate surface area is 69.0 Å². The molecule has 12 heavy (non-hydrogen) atoms. The minimum atomic E-state index is -0.292. The summed E-state index contributed by atoms with van der Waals surface area (Å²) in [6.07, 6.45) is 2.01. The fraction of sp³-hybridized carbons (Fsp3) is 0.250. The first-order chi connectivity index (χ1) is 5.68. The Morgan fingerprint density at radius 1 is 1.42 bits per heavy atom. The van der Waals surface area contributed by atoms with Crippen LogP contribution in [0, 0.1) is 6.92 Å². The lowest BCUT2D eigenvalue weighted by molar-refractivity contribution is -0.119. The van der Waals surface area contributed by atoms with Crippen molar-refractivity contribution in [3.8, 4) is 0 Å². The van der Waals surface area contributed by atoms with E-state index in [0.717, 1.165) is 11.3 Å². The number of carbonyl (C=O) groups excluding carboxylic acids is 2. The number of aromatic nitrogens is 1. The zero-order valence-electron chi connectivity index (χ0n) is 6.60. The Kier molecular flexibility index (Phi) is 1.30. The van der Waals surface area contributed by atoms with Gasteiger partial charge in [0.25, 0.3) is 5.91 Å². The van der Waals surface area contributed by atoms with Gasteiger partial charge in [-0.1, -0.05) is 0 Å². The van der Waals surface area contributed by atoms with Gasteiger partial charge in [0.05, 0.1) is 12.0 Å². The molecule has 2 heterocycles. The number of aryl methyl sites for hydroxylation is 1. The summed E-state index contributed by atoms with van der Waals surface area (Å²) in [7, 11) is 0. The van der Waals surface area contributed by atoms with Gasteiger partial charge >= 0.3 is 0 Å². The van der Waals surface area contributed by atoms with Gasteiger partial charge in [-0.2, -0.15) is 0 Å². The molecule has 2 N–H and O–H groups in total. The van der Waals surface area contributed by atoms with Gasteiger partial charge in [-0.05, 0) is 12.5 Å². The fourth-order valence-electron chi connectivity index (χ4n) is 1.44. The van der Waals surface area contributed by atoms with Gasteiger partial charge in [0.2, 0.25) is 5.91 Å². The molecule has 4 heteroatoms. The molecular weight excluding hydrogens is 156 g/mol. The van der Waals surface area contributed by atoms with E-state index < -0.39 is 0 Å². The van der Waals surface area contributed by atoms with Gasteiger partial charge in [-0.15, -0.1) is 0 Å². The van der Waals surface area contributed by atoms with Crippen molar-refractivity contribution in [3.05, 3.63) is 23.0 Å². The summed E-state index contributed by atoms with van der Waals surface area (Å²) in [4.78, 5) is 25.0. The highest BCUT2D eigenvalue weighted by Gasteiger charge is 2.24. The molecule has 0 saturated heterocycles. The van der Waals surface area contributed by atoms with Crippen molar-refractivity contribution in [2.75, 3.05) is 0 Å². The normalized spacial score (nSPS) is 15.8. The quantitative estimate of drug-likeness (QED) is 0.535. The van der Waals surface area contributed by atoms with Crippen molar-refractivity contribution >= 4 is 11.8 Å². The minimum Gasteiger partial charge on any atom is -0.364 e. The molecule has 0 aromatic carbocycles. The van der Waals surface area contributed by atoms with E-state index in [1.54, 1.807) is 6.20 Å². The average molecular weight is 164 g/mol. The second-order valence-electron chi connectivity index (χ2n) is 2.87. The molecule has 1 aliphatic rings. The van der Waals surface area contributed by atoms with E-state index in [1.165, 1.54) is 0 Å². The second-order valence-corrected chi connectivity index (χ2v) is 2.87. The van der Waals surface area contributed by atoms with Crippen LogP contribution in [0.3, 0.4) is 0 Å². The number of nitrogens with one attached hydrogen (secondary N) is 2. The highest BCUT2D eigenvalue weighted by Crippen LogP contribution is 2.16. The Hall–Kier alpha value is -1.58. The second kappa shape index (κ2) is 2.20. The smallest absolute Gasteiger partial charge is 0.259 e. The van der Waals surface area contributed by atoms with Crippen LogP contribution in [-0.2, 0) is 11.2 Å². The maximum absolute atomic E-state index is 11.2. The van der Waals surface area contributed by atoms with E-state index in [4.69, 9.17) is 0 Å². The topological polar surface area (TPSA) is 62.0 Å². The van der Waals surface area contributed by atoms with E-state index in [1.807, 2.05) is 6.92 Å². The minimum absolute atomic E-state index is 0.230. The molecule has 4 nitrogen and oxygen atoms in total. The Balaban J connectivity index is 2.57. The van der Waals surface area contributed by atoms with E-state index in [2.05, 4.69) is 10.3 Å².